The molecule has 0 unspecified atom stereocenters. The summed E-state index contributed by atoms with van der Waals surface area (Å²) >= 11 is 0. The molecule has 3 N–H and O–H groups in total. The fourth-order valence-electron chi connectivity index (χ4n) is 4.15. The van der Waals surface area contributed by atoms with Crippen LogP contribution in [0.15, 0.2) is 12.3 Å². The zero-order valence-corrected chi connectivity index (χ0v) is 13.9. The van der Waals surface area contributed by atoms with E-state index in [1.807, 2.05) is 17.2 Å². The van der Waals surface area contributed by atoms with Gasteiger partial charge < -0.3 is 20.4 Å². The number of nitrogens with two attached hydrogens (primary N) is 1. The van der Waals surface area contributed by atoms with Gasteiger partial charge in [0.05, 0.1) is 6.10 Å². The minimum atomic E-state index is -0.422. The molecule has 4 rings (SSSR count). The van der Waals surface area contributed by atoms with Crippen molar-refractivity contribution in [2.45, 2.75) is 56.7 Å². The Bertz CT molecular complexity index is 629. The van der Waals surface area contributed by atoms with Crippen LogP contribution < -0.4 is 5.73 Å². The maximum atomic E-state index is 12.8. The number of nitrogens with one attached hydrogen (secondary N) is 1. The molecule has 2 saturated heterocycles. The molecule has 6 heteroatoms. The number of rotatable bonds is 4. The molecule has 0 aromatic carbocycles. The summed E-state index contributed by atoms with van der Waals surface area (Å²) in [5.41, 5.74) is 7.29. The van der Waals surface area contributed by atoms with E-state index in [0.717, 1.165) is 44.5 Å². The number of piperidine rings is 1. The molecule has 2 atom stereocenters. The number of aromatic nitrogens is 1. The van der Waals surface area contributed by atoms with Gasteiger partial charge in [0.15, 0.2) is 0 Å². The van der Waals surface area contributed by atoms with Gasteiger partial charge in [-0.1, -0.05) is 0 Å². The van der Waals surface area contributed by atoms with Crippen molar-refractivity contribution in [2.75, 3.05) is 13.1 Å². The van der Waals surface area contributed by atoms with Gasteiger partial charge in [-0.3, -0.25) is 9.59 Å². The Labute approximate surface area is 141 Å². The molecular weight excluding hydrogens is 306 g/mol. The predicted molar refractivity (Wildman–Crippen MR) is 88.5 cm³/mol. The third-order valence-corrected chi connectivity index (χ3v) is 5.73. The molecule has 1 aliphatic carbocycles. The van der Waals surface area contributed by atoms with E-state index in [4.69, 9.17) is 10.5 Å². The van der Waals surface area contributed by atoms with Crippen LogP contribution >= 0.6 is 0 Å². The maximum absolute atomic E-state index is 12.8. The quantitative estimate of drug-likeness (QED) is 0.881. The Morgan fingerprint density at radius 3 is 2.50 bits per heavy atom. The molecule has 3 heterocycles. The smallest absolute Gasteiger partial charge is 0.270 e. The first-order valence-corrected chi connectivity index (χ1v) is 9.05. The van der Waals surface area contributed by atoms with Crippen molar-refractivity contribution in [1.29, 1.82) is 0 Å². The van der Waals surface area contributed by atoms with E-state index in [1.54, 1.807) is 0 Å². The third kappa shape index (κ3) is 2.95. The number of ether oxygens (including phenoxy) is 1. The second kappa shape index (κ2) is 6.24. The van der Waals surface area contributed by atoms with E-state index < -0.39 is 6.10 Å². The van der Waals surface area contributed by atoms with E-state index >= 15 is 0 Å². The number of carbonyl (C=O) groups is 2. The largest absolute Gasteiger partial charge is 0.367 e. The van der Waals surface area contributed by atoms with E-state index in [1.165, 1.54) is 18.4 Å². The average Bonchev–Trinajstić information content (AvgIpc) is 3.13. The summed E-state index contributed by atoms with van der Waals surface area (Å²) in [5.74, 6) is 0.766. The highest BCUT2D eigenvalue weighted by molar-refractivity contribution is 5.94. The summed E-state index contributed by atoms with van der Waals surface area (Å²) in [7, 11) is 0. The standard InChI is InChI=1S/C18H25N3O3/c19-17(22)15-4-3-14(24-15)12-6-9-21(10-7-12)18(23)16-13(5-8-20-16)11-1-2-11/h5,8,11-12,14-15,20H,1-4,6-7,9-10H2,(H2,19,22)/t14-,15+/m0/s1. The maximum Gasteiger partial charge on any atom is 0.270 e. The minimum Gasteiger partial charge on any atom is -0.367 e. The first kappa shape index (κ1) is 15.7. The number of carbonyl (C=O) groups excluding carboxylic acids is 2. The van der Waals surface area contributed by atoms with Crippen LogP contribution in [-0.2, 0) is 9.53 Å². The monoisotopic (exact) mass is 331 g/mol. The van der Waals surface area contributed by atoms with Crippen molar-refractivity contribution in [3.63, 3.8) is 0 Å². The van der Waals surface area contributed by atoms with Crippen LogP contribution in [0.4, 0.5) is 0 Å². The van der Waals surface area contributed by atoms with Gasteiger partial charge in [0.2, 0.25) is 5.91 Å². The van der Waals surface area contributed by atoms with Crippen molar-refractivity contribution >= 4 is 11.8 Å². The first-order valence-electron chi connectivity index (χ1n) is 9.05. The van der Waals surface area contributed by atoms with Gasteiger partial charge in [0.1, 0.15) is 11.8 Å². The second-order valence-corrected chi connectivity index (χ2v) is 7.35. The summed E-state index contributed by atoms with van der Waals surface area (Å²) in [5, 5.41) is 0. The predicted octanol–water partition coefficient (Wildman–Crippen LogP) is 1.78. The van der Waals surface area contributed by atoms with Gasteiger partial charge in [0, 0.05) is 19.3 Å². The summed E-state index contributed by atoms with van der Waals surface area (Å²) in [6.45, 7) is 1.52. The Morgan fingerprint density at radius 2 is 1.88 bits per heavy atom. The number of nitrogens with zero attached hydrogens (tertiary/aromatic N) is 1. The lowest BCUT2D eigenvalue weighted by Crippen LogP contribution is -2.42. The summed E-state index contributed by atoms with van der Waals surface area (Å²) in [6.07, 6.45) is 7.45. The van der Waals surface area contributed by atoms with E-state index in [2.05, 4.69) is 4.98 Å². The van der Waals surface area contributed by atoms with Crippen molar-refractivity contribution in [1.82, 2.24) is 9.88 Å². The fourth-order valence-corrected chi connectivity index (χ4v) is 4.15. The zero-order valence-electron chi connectivity index (χ0n) is 13.9. The Kier molecular flexibility index (Phi) is 4.08. The molecule has 130 valence electrons. The molecule has 3 aliphatic rings. The highest BCUT2D eigenvalue weighted by Crippen LogP contribution is 2.42. The normalized spacial score (nSPS) is 28.2. The molecule has 2 aliphatic heterocycles. The van der Waals surface area contributed by atoms with Gasteiger partial charge in [-0.25, -0.2) is 0 Å². The summed E-state index contributed by atoms with van der Waals surface area (Å²) < 4.78 is 5.80. The summed E-state index contributed by atoms with van der Waals surface area (Å²) in [4.78, 5) is 29.1. The second-order valence-electron chi connectivity index (χ2n) is 7.35. The number of hydrogen-bond acceptors (Lipinski definition) is 3. The zero-order chi connectivity index (χ0) is 16.7. The lowest BCUT2D eigenvalue weighted by Gasteiger charge is -2.34. The highest BCUT2D eigenvalue weighted by Gasteiger charge is 2.37. The van der Waals surface area contributed by atoms with Gasteiger partial charge in [-0.05, 0) is 62.0 Å². The number of aromatic amines is 1. The molecule has 2 amide bonds. The minimum absolute atomic E-state index is 0.118. The first-order chi connectivity index (χ1) is 11.6. The number of H-pyrrole nitrogens is 1. The van der Waals surface area contributed by atoms with Gasteiger partial charge in [-0.15, -0.1) is 0 Å². The van der Waals surface area contributed by atoms with E-state index in [-0.39, 0.29) is 17.9 Å². The number of amides is 2. The van der Waals surface area contributed by atoms with Crippen molar-refractivity contribution in [3.8, 4) is 0 Å². The number of primary amides is 1. The van der Waals surface area contributed by atoms with Crippen LogP contribution in [0.5, 0.6) is 0 Å². The van der Waals surface area contributed by atoms with Crippen LogP contribution in [0.3, 0.4) is 0 Å². The van der Waals surface area contributed by atoms with Crippen molar-refractivity contribution < 1.29 is 14.3 Å². The third-order valence-electron chi connectivity index (χ3n) is 5.73. The van der Waals surface area contributed by atoms with Crippen LogP contribution in [0.2, 0.25) is 0 Å². The molecule has 1 saturated carbocycles. The van der Waals surface area contributed by atoms with Crippen LogP contribution in [-0.4, -0.2) is 47.0 Å². The molecule has 6 nitrogen and oxygen atoms in total. The summed E-state index contributed by atoms with van der Waals surface area (Å²) in [6, 6.07) is 2.05. The molecule has 3 fully saturated rings. The Hall–Kier alpha value is -1.82. The lowest BCUT2D eigenvalue weighted by molar-refractivity contribution is -0.130. The van der Waals surface area contributed by atoms with Crippen LogP contribution in [0.25, 0.3) is 0 Å². The van der Waals surface area contributed by atoms with E-state index in [9.17, 15) is 9.59 Å². The molecule has 24 heavy (non-hydrogen) atoms. The number of likely N-dealkylation sites (tertiary alicyclic amines) is 1. The lowest BCUT2D eigenvalue weighted by atomic mass is 9.89. The molecule has 1 aromatic heterocycles. The van der Waals surface area contributed by atoms with Crippen LogP contribution in [0, 0.1) is 5.92 Å². The van der Waals surface area contributed by atoms with Gasteiger partial charge in [0.25, 0.3) is 5.91 Å². The molecule has 0 spiro atoms. The van der Waals surface area contributed by atoms with Crippen LogP contribution in [0.1, 0.15) is 60.5 Å². The Morgan fingerprint density at radius 1 is 1.12 bits per heavy atom. The SMILES string of the molecule is NC(=O)[C@H]1CC[C@@H](C2CCN(C(=O)c3[nH]ccc3C3CC3)CC2)O1. The molecule has 1 aromatic rings. The Balaban J connectivity index is 1.34. The van der Waals surface area contributed by atoms with Crippen molar-refractivity contribution in [2.24, 2.45) is 11.7 Å². The van der Waals surface area contributed by atoms with Gasteiger partial charge in [-0.2, -0.15) is 0 Å². The molecule has 0 bridgehead atoms. The fraction of sp³-hybridized carbons (Fsp3) is 0.667. The molecular formula is C18H25N3O3. The average molecular weight is 331 g/mol. The van der Waals surface area contributed by atoms with E-state index in [0.29, 0.717) is 11.8 Å². The van der Waals surface area contributed by atoms with Gasteiger partial charge >= 0.3 is 0 Å². The molecule has 0 radical (unpaired) electrons. The number of hydrogen-bond donors (Lipinski definition) is 2. The highest BCUT2D eigenvalue weighted by atomic mass is 16.5. The van der Waals surface area contributed by atoms with Crippen molar-refractivity contribution in [3.05, 3.63) is 23.5 Å². The topological polar surface area (TPSA) is 88.4 Å².